The van der Waals surface area contributed by atoms with Crippen molar-refractivity contribution < 1.29 is 9.27 Å². The van der Waals surface area contributed by atoms with Gasteiger partial charge in [-0.25, -0.2) is 4.57 Å². The van der Waals surface area contributed by atoms with Crippen LogP contribution in [0.25, 0.3) is 0 Å². The summed E-state index contributed by atoms with van der Waals surface area (Å²) in [6.07, 6.45) is 17.0. The van der Waals surface area contributed by atoms with Gasteiger partial charge in [-0.1, -0.05) is 57.9 Å². The third-order valence-corrected chi connectivity index (χ3v) is 3.30. The number of hydrogen-bond donors (Lipinski definition) is 0. The first kappa shape index (κ1) is 17.1. The number of unbranched alkanes of at least 4 members (excludes halogenated alkanes) is 8. The molecule has 0 amide bonds. The second-order valence-corrected chi connectivity index (χ2v) is 4.94. The van der Waals surface area contributed by atoms with Gasteiger partial charge >= 0.3 is 0 Å². The van der Waals surface area contributed by atoms with E-state index < -0.39 is 0 Å². The highest BCUT2D eigenvalue weighted by Crippen LogP contribution is 2.09. The van der Waals surface area contributed by atoms with Crippen LogP contribution in [0.2, 0.25) is 0 Å². The van der Waals surface area contributed by atoms with Crippen molar-refractivity contribution in [2.24, 2.45) is 0 Å². The molecule has 0 aliphatic rings. The van der Waals surface area contributed by atoms with E-state index in [0.29, 0.717) is 0 Å². The van der Waals surface area contributed by atoms with E-state index in [9.17, 15) is 0 Å². The van der Waals surface area contributed by atoms with E-state index in [2.05, 4.69) is 42.1 Å². The summed E-state index contributed by atoms with van der Waals surface area (Å²) in [6, 6.07) is 6.29. The van der Waals surface area contributed by atoms with Crippen molar-refractivity contribution in [3.05, 3.63) is 30.6 Å². The first-order chi connectivity index (χ1) is 8.43. The van der Waals surface area contributed by atoms with Crippen molar-refractivity contribution in [3.63, 3.8) is 0 Å². The van der Waals surface area contributed by atoms with Gasteiger partial charge in [-0.3, -0.25) is 0 Å². The monoisotopic (exact) mass is 253 g/mol. The normalized spacial score (nSPS) is 10.1. The molecule has 0 saturated heterocycles. The Balaban J connectivity index is 0.00000289. The molecule has 0 aliphatic carbocycles. The maximum Gasteiger partial charge on any atom is 0.168 e. The van der Waals surface area contributed by atoms with Crippen molar-refractivity contribution >= 4 is 0 Å². The Morgan fingerprint density at radius 3 is 1.72 bits per heavy atom. The minimum atomic E-state index is 0. The van der Waals surface area contributed by atoms with E-state index >= 15 is 0 Å². The zero-order valence-electron chi connectivity index (χ0n) is 11.8. The fourth-order valence-corrected chi connectivity index (χ4v) is 2.19. The van der Waals surface area contributed by atoms with Crippen LogP contribution in [0, 0.1) is 0 Å². The Hall–Kier alpha value is -0.920. The van der Waals surface area contributed by atoms with Crippen LogP contribution in [0.5, 0.6) is 0 Å². The summed E-state index contributed by atoms with van der Waals surface area (Å²) in [6.45, 7) is 3.46. The van der Waals surface area contributed by atoms with Gasteiger partial charge in [0.25, 0.3) is 0 Å². The van der Waals surface area contributed by atoms with Crippen LogP contribution >= 0.6 is 0 Å². The highest BCUT2D eigenvalue weighted by molar-refractivity contribution is 4.83. The molecule has 1 rings (SSSR count). The number of aromatic nitrogens is 1. The van der Waals surface area contributed by atoms with Gasteiger partial charge in [-0.15, -0.1) is 0 Å². The maximum absolute atomic E-state index is 2.28. The van der Waals surface area contributed by atoms with Gasteiger partial charge in [0.05, 0.1) is 0 Å². The molecule has 0 atom stereocenters. The molecule has 2 heteroatoms. The van der Waals surface area contributed by atoms with Crippen molar-refractivity contribution in [2.75, 3.05) is 0 Å². The van der Waals surface area contributed by atoms with Crippen LogP contribution in [0.3, 0.4) is 0 Å². The van der Waals surface area contributed by atoms with Crippen molar-refractivity contribution in [1.29, 1.82) is 0 Å². The molecule has 1 heterocycles. The molecule has 18 heavy (non-hydrogen) atoms. The molecule has 0 saturated carbocycles. The quantitative estimate of drug-likeness (QED) is 0.439. The third-order valence-electron chi connectivity index (χ3n) is 3.30. The lowest BCUT2D eigenvalue weighted by molar-refractivity contribution is -0.697. The minimum Gasteiger partial charge on any atom is -1.00 e. The van der Waals surface area contributed by atoms with E-state index in [0.717, 1.165) is 0 Å². The van der Waals surface area contributed by atoms with Crippen molar-refractivity contribution in [3.8, 4) is 0 Å². The maximum atomic E-state index is 2.28. The van der Waals surface area contributed by atoms with Gasteiger partial charge < -0.3 is 4.70 Å². The number of halogens is 1. The molecule has 0 fully saturated rings. The van der Waals surface area contributed by atoms with Gasteiger partial charge in [-0.2, -0.15) is 0 Å². The topological polar surface area (TPSA) is 3.88 Å². The Morgan fingerprint density at radius 2 is 1.17 bits per heavy atom. The number of rotatable bonds is 10. The summed E-state index contributed by atoms with van der Waals surface area (Å²) in [5.74, 6) is 0. The molecule has 1 aromatic heterocycles. The fraction of sp³-hybridized carbons (Fsp3) is 0.688. The summed E-state index contributed by atoms with van der Waals surface area (Å²) in [4.78, 5) is 0. The van der Waals surface area contributed by atoms with Crippen LogP contribution in [0.1, 0.15) is 64.7 Å². The largest absolute Gasteiger partial charge is 1.00 e. The average Bonchev–Trinajstić information content (AvgIpc) is 2.38. The molecular formula is C16H28FN. The molecule has 0 radical (unpaired) electrons. The standard InChI is InChI=1S/C16H28N.FH/c1-2-3-4-5-6-7-8-9-11-14-17-15-12-10-13-16-17;/h10,12-13,15-16H,2-9,11,14H2,1H3;1H/q+1;/p-1. The second kappa shape index (κ2) is 12.5. The molecule has 0 aliphatic heterocycles. The number of hydrogen-bond acceptors (Lipinski definition) is 0. The molecule has 1 nitrogen and oxygen atoms in total. The summed E-state index contributed by atoms with van der Waals surface area (Å²) in [7, 11) is 0. The van der Waals surface area contributed by atoms with Gasteiger partial charge in [-0.05, 0) is 6.42 Å². The average molecular weight is 253 g/mol. The molecule has 0 unspecified atom stereocenters. The minimum absolute atomic E-state index is 0. The first-order valence-electron chi connectivity index (χ1n) is 7.37. The fourth-order valence-electron chi connectivity index (χ4n) is 2.19. The van der Waals surface area contributed by atoms with E-state index in [4.69, 9.17) is 0 Å². The lowest BCUT2D eigenvalue weighted by Gasteiger charge is -2.00. The van der Waals surface area contributed by atoms with E-state index in [-0.39, 0.29) is 4.70 Å². The van der Waals surface area contributed by atoms with Gasteiger partial charge in [0.2, 0.25) is 0 Å². The Morgan fingerprint density at radius 1 is 0.667 bits per heavy atom. The predicted octanol–water partition coefficient (Wildman–Crippen LogP) is 1.51. The molecular weight excluding hydrogens is 225 g/mol. The van der Waals surface area contributed by atoms with Crippen LogP contribution in [0.4, 0.5) is 0 Å². The van der Waals surface area contributed by atoms with Crippen LogP contribution in [0.15, 0.2) is 30.6 Å². The summed E-state index contributed by atoms with van der Waals surface area (Å²) in [5.41, 5.74) is 0. The molecule has 0 spiro atoms. The summed E-state index contributed by atoms with van der Waals surface area (Å²) < 4.78 is 2.28. The lowest BCUT2D eigenvalue weighted by atomic mass is 10.1. The Labute approximate surface area is 112 Å². The highest BCUT2D eigenvalue weighted by Gasteiger charge is 1.97. The van der Waals surface area contributed by atoms with Crippen molar-refractivity contribution in [2.45, 2.75) is 71.3 Å². The van der Waals surface area contributed by atoms with E-state index in [1.165, 1.54) is 64.3 Å². The van der Waals surface area contributed by atoms with Crippen molar-refractivity contribution in [1.82, 2.24) is 0 Å². The third kappa shape index (κ3) is 9.15. The predicted molar refractivity (Wildman–Crippen MR) is 73.9 cm³/mol. The zero-order valence-corrected chi connectivity index (χ0v) is 11.8. The van der Waals surface area contributed by atoms with Crippen LogP contribution in [-0.2, 0) is 6.54 Å². The van der Waals surface area contributed by atoms with Gasteiger partial charge in [0, 0.05) is 18.6 Å². The van der Waals surface area contributed by atoms with E-state index in [1.807, 2.05) is 0 Å². The molecule has 0 aromatic carbocycles. The van der Waals surface area contributed by atoms with Gasteiger partial charge in [0.15, 0.2) is 12.4 Å². The zero-order chi connectivity index (χ0) is 12.2. The first-order valence-corrected chi connectivity index (χ1v) is 7.37. The molecule has 0 N–H and O–H groups in total. The van der Waals surface area contributed by atoms with Gasteiger partial charge in [0.1, 0.15) is 6.54 Å². The molecule has 104 valence electrons. The smallest absolute Gasteiger partial charge is 0.168 e. The van der Waals surface area contributed by atoms with Crippen LogP contribution < -0.4 is 9.27 Å². The van der Waals surface area contributed by atoms with E-state index in [1.54, 1.807) is 0 Å². The number of nitrogens with zero attached hydrogens (tertiary/aromatic N) is 1. The van der Waals surface area contributed by atoms with Crippen LogP contribution in [-0.4, -0.2) is 0 Å². The lowest BCUT2D eigenvalue weighted by Crippen LogP contribution is -3.00. The number of aryl methyl sites for hydroxylation is 1. The summed E-state index contributed by atoms with van der Waals surface area (Å²) in [5, 5.41) is 0. The molecule has 0 bridgehead atoms. The Kier molecular flexibility index (Phi) is 11.9. The molecule has 1 aromatic rings. The highest BCUT2D eigenvalue weighted by atomic mass is 19.0. The SMILES string of the molecule is CCCCCCCCCCC[n+]1ccccc1.[F-]. The second-order valence-electron chi connectivity index (χ2n) is 4.94. The number of pyridine rings is 1. The Bertz CT molecular complexity index is 261. The summed E-state index contributed by atoms with van der Waals surface area (Å²) >= 11 is 0.